The molecule has 0 aromatic carbocycles. The largest absolute Gasteiger partial charge is 0.0851 e. The van der Waals surface area contributed by atoms with Gasteiger partial charge in [0.25, 0.3) is 0 Å². The lowest BCUT2D eigenvalue weighted by Crippen LogP contribution is -2.13. The Bertz CT molecular complexity index is 541. The van der Waals surface area contributed by atoms with Gasteiger partial charge in [0.05, 0.1) is 0 Å². The molecule has 0 fully saturated rings. The van der Waals surface area contributed by atoms with Gasteiger partial charge in [0.15, 0.2) is 0 Å². The summed E-state index contributed by atoms with van der Waals surface area (Å²) in [7, 11) is 4.45. The summed E-state index contributed by atoms with van der Waals surface area (Å²) in [5.41, 5.74) is 0. The van der Waals surface area contributed by atoms with Gasteiger partial charge in [-0.05, 0) is 48.3 Å². The van der Waals surface area contributed by atoms with Gasteiger partial charge in [-0.25, -0.2) is 0 Å². The third kappa shape index (κ3) is 18.5. The first-order valence-corrected chi connectivity index (χ1v) is 26.4. The van der Waals surface area contributed by atoms with E-state index in [0.29, 0.717) is 0 Å². The first kappa shape index (κ1) is 40.0. The summed E-state index contributed by atoms with van der Waals surface area (Å²) >= 11 is 13.6. The summed E-state index contributed by atoms with van der Waals surface area (Å²) in [6, 6.07) is 0. The van der Waals surface area contributed by atoms with Gasteiger partial charge in [0, 0.05) is 10.5 Å². The Labute approximate surface area is 259 Å². The number of rotatable bonds is 27. The van der Waals surface area contributed by atoms with E-state index in [9.17, 15) is 0 Å². The zero-order valence-electron chi connectivity index (χ0n) is 27.0. The molecule has 0 saturated heterocycles. The second-order valence-electron chi connectivity index (χ2n) is 12.2. The Hall–Kier alpha value is 2.00. The van der Waals surface area contributed by atoms with Crippen LogP contribution in [0.5, 0.6) is 0 Å². The highest BCUT2D eigenvalue weighted by atomic mass is 33.5. The molecule has 0 rings (SSSR count). The molecule has 0 aliphatic heterocycles. The van der Waals surface area contributed by atoms with Crippen LogP contribution >= 0.6 is 31.3 Å². The van der Waals surface area contributed by atoms with Gasteiger partial charge >= 0.3 is 0 Å². The van der Waals surface area contributed by atoms with Crippen LogP contribution in [0.3, 0.4) is 0 Å². The second-order valence-corrected chi connectivity index (χ2v) is 30.5. The van der Waals surface area contributed by atoms with Crippen LogP contribution in [0.2, 0.25) is 0 Å². The molecule has 6 heteroatoms. The Balaban J connectivity index is 5.97. The molecule has 0 aromatic rings. The molecule has 0 nitrogen and oxygen atoms in total. The molecule has 0 aliphatic rings. The van der Waals surface area contributed by atoms with Gasteiger partial charge in [-0.1, -0.05) is 203 Å². The van der Waals surface area contributed by atoms with E-state index in [1.54, 1.807) is 0 Å². The monoisotopic (exact) mass is 642 g/mol. The van der Waals surface area contributed by atoms with E-state index in [0.717, 1.165) is 23.7 Å². The Morgan fingerprint density at radius 3 is 0.789 bits per heavy atom. The molecular formula is C32H68P2S4. The van der Waals surface area contributed by atoms with E-state index >= 15 is 0 Å². The van der Waals surface area contributed by atoms with E-state index < -0.39 is 10.5 Å². The summed E-state index contributed by atoms with van der Waals surface area (Å²) in [4.78, 5) is 0. The van der Waals surface area contributed by atoms with Crippen LogP contribution < -0.4 is 0 Å². The maximum absolute atomic E-state index is 6.80. The van der Waals surface area contributed by atoms with E-state index in [2.05, 4.69) is 76.2 Å². The van der Waals surface area contributed by atoms with Crippen molar-refractivity contribution in [1.82, 2.24) is 0 Å². The van der Waals surface area contributed by atoms with Crippen molar-refractivity contribution in [2.75, 3.05) is 24.6 Å². The minimum Gasteiger partial charge on any atom is -0.0851 e. The highest BCUT2D eigenvalue weighted by Crippen LogP contribution is 2.77. The van der Waals surface area contributed by atoms with E-state index in [1.807, 2.05) is 0 Å². The van der Waals surface area contributed by atoms with E-state index in [-0.39, 0.29) is 0 Å². The zero-order chi connectivity index (χ0) is 28.9. The summed E-state index contributed by atoms with van der Waals surface area (Å²) in [6.45, 7) is 19.0. The van der Waals surface area contributed by atoms with Crippen molar-refractivity contribution in [2.24, 2.45) is 23.7 Å². The molecule has 230 valence electrons. The van der Waals surface area contributed by atoms with Gasteiger partial charge in [0.1, 0.15) is 0 Å². The van der Waals surface area contributed by atoms with Crippen LogP contribution in [-0.4, -0.2) is 24.6 Å². The Morgan fingerprint density at radius 2 is 0.632 bits per heavy atom. The summed E-state index contributed by atoms with van der Waals surface area (Å²) in [5.74, 6) is 3.26. The van der Waals surface area contributed by atoms with Gasteiger partial charge < -0.3 is 0 Å². The van der Waals surface area contributed by atoms with Crippen LogP contribution in [0.1, 0.15) is 158 Å². The summed E-state index contributed by atoms with van der Waals surface area (Å²) < 4.78 is 0. The smallest absolute Gasteiger partial charge is 0.0187 e. The quantitative estimate of drug-likeness (QED) is 0.0645. The average Bonchev–Trinajstić information content (AvgIpc) is 2.92. The highest BCUT2D eigenvalue weighted by Gasteiger charge is 2.32. The molecule has 0 heterocycles. The van der Waals surface area contributed by atoms with Crippen LogP contribution in [-0.2, 0) is 23.6 Å². The van der Waals surface area contributed by atoms with Crippen LogP contribution in [0, 0.1) is 23.7 Å². The second kappa shape index (κ2) is 24.4. The average molecular weight is 643 g/mol. The molecule has 38 heavy (non-hydrogen) atoms. The first-order chi connectivity index (χ1) is 18.2. The Morgan fingerprint density at radius 1 is 0.421 bits per heavy atom. The van der Waals surface area contributed by atoms with Crippen molar-refractivity contribution in [1.29, 1.82) is 0 Å². The molecule has 0 aliphatic carbocycles. The standard InChI is InChI=1S/C32H68P2S4/c1-9-17-21-29(13-5)25-33(35,26-30(14-6)22-18-10-2)37-38-34(36,27-31(15-7)23-19-11-3)28-32(16-8)24-20-12-4/h29-32H,9-28H2,1-8H3. The normalized spacial score (nSPS) is 18.4. The van der Waals surface area contributed by atoms with Gasteiger partial charge in [-0.3, -0.25) is 0 Å². The maximum Gasteiger partial charge on any atom is 0.0187 e. The molecule has 0 saturated carbocycles. The van der Waals surface area contributed by atoms with Crippen molar-refractivity contribution in [3.05, 3.63) is 0 Å². The van der Waals surface area contributed by atoms with Crippen LogP contribution in [0.25, 0.3) is 0 Å². The van der Waals surface area contributed by atoms with Gasteiger partial charge in [-0.15, -0.1) is 0 Å². The van der Waals surface area contributed by atoms with Crippen molar-refractivity contribution < 1.29 is 0 Å². The molecule has 0 amide bonds. The molecule has 4 unspecified atom stereocenters. The fourth-order valence-corrected chi connectivity index (χ4v) is 33.2. The molecule has 0 spiro atoms. The fraction of sp³-hybridized carbons (Fsp3) is 1.00. The van der Waals surface area contributed by atoms with Gasteiger partial charge in [-0.2, -0.15) is 0 Å². The zero-order valence-corrected chi connectivity index (χ0v) is 32.0. The molecular weight excluding hydrogens is 575 g/mol. The molecule has 0 radical (unpaired) electrons. The number of hydrogen-bond acceptors (Lipinski definition) is 4. The maximum atomic E-state index is 6.80. The van der Waals surface area contributed by atoms with Crippen molar-refractivity contribution in [3.63, 3.8) is 0 Å². The van der Waals surface area contributed by atoms with E-state index in [4.69, 9.17) is 23.6 Å². The van der Waals surface area contributed by atoms with Crippen LogP contribution in [0.15, 0.2) is 0 Å². The third-order valence-corrected chi connectivity index (χ3v) is 29.5. The molecule has 4 atom stereocenters. The lowest BCUT2D eigenvalue weighted by atomic mass is 10.0. The molecule has 0 N–H and O–H groups in total. The number of hydrogen-bond donors (Lipinski definition) is 0. The summed E-state index contributed by atoms with van der Waals surface area (Å²) in [6.07, 6.45) is 26.6. The summed E-state index contributed by atoms with van der Waals surface area (Å²) in [5, 5.41) is -3.03. The molecule has 0 aromatic heterocycles. The topological polar surface area (TPSA) is 0 Å². The Kier molecular flexibility index (Phi) is 25.7. The number of unbranched alkanes of at least 4 members (excludes halogenated alkanes) is 4. The van der Waals surface area contributed by atoms with Crippen LogP contribution in [0.4, 0.5) is 0 Å². The highest BCUT2D eigenvalue weighted by molar-refractivity contribution is 9.19. The van der Waals surface area contributed by atoms with Gasteiger partial charge in [0.2, 0.25) is 0 Å². The molecule has 0 bridgehead atoms. The predicted octanol–water partition coefficient (Wildman–Crippen LogP) is 14.0. The minimum atomic E-state index is -1.51. The van der Waals surface area contributed by atoms with Crippen molar-refractivity contribution in [2.45, 2.75) is 158 Å². The first-order valence-electron chi connectivity index (χ1n) is 16.7. The van der Waals surface area contributed by atoms with Crippen molar-refractivity contribution in [3.8, 4) is 0 Å². The third-order valence-electron chi connectivity index (χ3n) is 8.62. The SMILES string of the molecule is CCCCC(CC)CP(=S)(CC(CC)CCCC)SSP(=S)(CC(CC)CCCC)CC(CC)CCCC. The predicted molar refractivity (Wildman–Crippen MR) is 196 cm³/mol. The lowest BCUT2D eigenvalue weighted by Gasteiger charge is -2.34. The van der Waals surface area contributed by atoms with Crippen molar-refractivity contribution >= 4 is 54.9 Å². The minimum absolute atomic E-state index is 0.816. The van der Waals surface area contributed by atoms with E-state index in [1.165, 1.54) is 127 Å². The lowest BCUT2D eigenvalue weighted by molar-refractivity contribution is 0.485. The fourth-order valence-electron chi connectivity index (χ4n) is 5.64.